The van der Waals surface area contributed by atoms with Crippen molar-refractivity contribution >= 4 is 28.8 Å². The lowest BCUT2D eigenvalue weighted by Crippen LogP contribution is -2.18. The molecule has 126 valence electrons. The maximum Gasteiger partial charge on any atom is 0.433 e. The Hall–Kier alpha value is -3.68. The van der Waals surface area contributed by atoms with E-state index in [1.807, 2.05) is 24.3 Å². The molecule has 0 radical (unpaired) electrons. The monoisotopic (exact) mass is 339 g/mol. The van der Waals surface area contributed by atoms with Gasteiger partial charge in [0.05, 0.1) is 25.0 Å². The number of rotatable bonds is 5. The molecule has 8 heteroatoms. The average Bonchev–Trinajstić information content (AvgIpc) is 3.09. The van der Waals surface area contributed by atoms with Crippen LogP contribution in [0, 0.1) is 10.1 Å². The van der Waals surface area contributed by atoms with Gasteiger partial charge in [-0.2, -0.15) is 5.10 Å². The molecule has 0 aliphatic heterocycles. The van der Waals surface area contributed by atoms with Crippen LogP contribution in [0.5, 0.6) is 5.75 Å². The summed E-state index contributed by atoms with van der Waals surface area (Å²) in [5, 5.41) is 16.1. The molecule has 2 aromatic carbocycles. The van der Waals surface area contributed by atoms with Gasteiger partial charge in [-0.1, -0.05) is 24.3 Å². The summed E-state index contributed by atoms with van der Waals surface area (Å²) in [6.45, 7) is 0. The number of furan rings is 1. The molecule has 25 heavy (non-hydrogen) atoms. The van der Waals surface area contributed by atoms with Crippen LogP contribution in [-0.4, -0.2) is 24.2 Å². The lowest BCUT2D eigenvalue weighted by molar-refractivity contribution is -0.402. The number of hydrogen-bond acceptors (Lipinski definition) is 6. The molecule has 0 aliphatic rings. The van der Waals surface area contributed by atoms with Crippen LogP contribution in [-0.2, 0) is 0 Å². The number of methoxy groups -OCH3 is 1. The first kappa shape index (κ1) is 16.2. The molecule has 0 aliphatic carbocycles. The Labute approximate surface area is 141 Å². The van der Waals surface area contributed by atoms with Gasteiger partial charge in [-0.3, -0.25) is 14.9 Å². The quantitative estimate of drug-likeness (QED) is 0.436. The van der Waals surface area contributed by atoms with Crippen molar-refractivity contribution in [3.05, 3.63) is 70.0 Å². The number of amides is 1. The van der Waals surface area contributed by atoms with E-state index in [9.17, 15) is 14.9 Å². The van der Waals surface area contributed by atoms with E-state index in [-0.39, 0.29) is 5.76 Å². The molecule has 0 unspecified atom stereocenters. The second-order valence-corrected chi connectivity index (χ2v) is 5.03. The molecule has 0 fully saturated rings. The van der Waals surface area contributed by atoms with E-state index in [2.05, 4.69) is 10.5 Å². The summed E-state index contributed by atoms with van der Waals surface area (Å²) in [4.78, 5) is 22.2. The van der Waals surface area contributed by atoms with Crippen LogP contribution < -0.4 is 10.2 Å². The van der Waals surface area contributed by atoms with Gasteiger partial charge in [0.2, 0.25) is 0 Å². The van der Waals surface area contributed by atoms with Gasteiger partial charge in [-0.15, -0.1) is 0 Å². The standard InChI is InChI=1S/C17H13N3O5/c1-24-15-9-12-5-3-2-4-11(12)8-14(15)17(21)19-18-10-13-6-7-16(25-13)20(22)23/h2-10H,1H3,(H,19,21). The minimum atomic E-state index is -0.657. The molecule has 0 atom stereocenters. The first-order valence-corrected chi connectivity index (χ1v) is 7.23. The van der Waals surface area contributed by atoms with Crippen molar-refractivity contribution in [1.29, 1.82) is 0 Å². The molecule has 1 heterocycles. The van der Waals surface area contributed by atoms with Gasteiger partial charge >= 0.3 is 5.88 Å². The molecular weight excluding hydrogens is 326 g/mol. The fourth-order valence-electron chi connectivity index (χ4n) is 2.29. The van der Waals surface area contributed by atoms with E-state index in [1.54, 1.807) is 12.1 Å². The summed E-state index contributed by atoms with van der Waals surface area (Å²) in [5.74, 6) is -0.304. The van der Waals surface area contributed by atoms with Gasteiger partial charge in [-0.25, -0.2) is 5.43 Å². The highest BCUT2D eigenvalue weighted by Crippen LogP contribution is 2.25. The van der Waals surface area contributed by atoms with Crippen molar-refractivity contribution in [3.8, 4) is 5.75 Å². The first-order chi connectivity index (χ1) is 12.1. The third-order valence-electron chi connectivity index (χ3n) is 3.46. The zero-order chi connectivity index (χ0) is 17.8. The van der Waals surface area contributed by atoms with Crippen molar-refractivity contribution in [2.75, 3.05) is 7.11 Å². The maximum absolute atomic E-state index is 12.3. The number of ether oxygens (including phenoxy) is 1. The smallest absolute Gasteiger partial charge is 0.433 e. The highest BCUT2D eigenvalue weighted by molar-refractivity contribution is 6.01. The number of nitrogens with one attached hydrogen (secondary N) is 1. The Bertz CT molecular complexity index is 977. The molecule has 1 amide bonds. The predicted octanol–water partition coefficient (Wildman–Crippen LogP) is 3.11. The largest absolute Gasteiger partial charge is 0.496 e. The first-order valence-electron chi connectivity index (χ1n) is 7.23. The second-order valence-electron chi connectivity index (χ2n) is 5.03. The zero-order valence-corrected chi connectivity index (χ0v) is 13.1. The Morgan fingerprint density at radius 3 is 2.60 bits per heavy atom. The molecule has 0 saturated heterocycles. The van der Waals surface area contributed by atoms with E-state index in [1.165, 1.54) is 25.5 Å². The number of benzene rings is 2. The Kier molecular flexibility index (Phi) is 4.42. The van der Waals surface area contributed by atoms with Crippen molar-refractivity contribution in [2.45, 2.75) is 0 Å². The van der Waals surface area contributed by atoms with Crippen LogP contribution in [0.15, 0.2) is 58.0 Å². The zero-order valence-electron chi connectivity index (χ0n) is 13.1. The van der Waals surface area contributed by atoms with Crippen LogP contribution in [0.4, 0.5) is 5.88 Å². The van der Waals surface area contributed by atoms with Crippen LogP contribution in [0.1, 0.15) is 16.1 Å². The van der Waals surface area contributed by atoms with Gasteiger partial charge in [0, 0.05) is 0 Å². The molecule has 0 spiro atoms. The molecule has 1 aromatic heterocycles. The second kappa shape index (κ2) is 6.83. The lowest BCUT2D eigenvalue weighted by Gasteiger charge is -2.09. The number of hydrogen-bond donors (Lipinski definition) is 1. The predicted molar refractivity (Wildman–Crippen MR) is 90.9 cm³/mol. The van der Waals surface area contributed by atoms with Crippen molar-refractivity contribution in [3.63, 3.8) is 0 Å². The highest BCUT2D eigenvalue weighted by atomic mass is 16.6. The van der Waals surface area contributed by atoms with Crippen LogP contribution in [0.3, 0.4) is 0 Å². The van der Waals surface area contributed by atoms with Gasteiger partial charge < -0.3 is 9.15 Å². The normalized spacial score (nSPS) is 10.9. The topological polar surface area (TPSA) is 107 Å². The van der Waals surface area contributed by atoms with Crippen molar-refractivity contribution in [2.24, 2.45) is 5.10 Å². The Morgan fingerprint density at radius 2 is 1.96 bits per heavy atom. The summed E-state index contributed by atoms with van der Waals surface area (Å²) in [7, 11) is 1.48. The molecule has 8 nitrogen and oxygen atoms in total. The number of hydrazone groups is 1. The van der Waals surface area contributed by atoms with E-state index < -0.39 is 16.7 Å². The van der Waals surface area contributed by atoms with Crippen LogP contribution in [0.25, 0.3) is 10.8 Å². The van der Waals surface area contributed by atoms with Gasteiger partial charge in [0.1, 0.15) is 10.7 Å². The Morgan fingerprint density at radius 1 is 1.24 bits per heavy atom. The fraction of sp³-hybridized carbons (Fsp3) is 0.0588. The summed E-state index contributed by atoms with van der Waals surface area (Å²) < 4.78 is 10.2. The molecular formula is C17H13N3O5. The van der Waals surface area contributed by atoms with Crippen LogP contribution in [0.2, 0.25) is 0 Å². The SMILES string of the molecule is COc1cc2ccccc2cc1C(=O)NN=Cc1ccc([N+](=O)[O-])o1. The van der Waals surface area contributed by atoms with Gasteiger partial charge in [0.25, 0.3) is 5.91 Å². The van der Waals surface area contributed by atoms with E-state index in [0.717, 1.165) is 10.8 Å². The summed E-state index contributed by atoms with van der Waals surface area (Å²) in [6, 6.07) is 13.6. The minimum Gasteiger partial charge on any atom is -0.496 e. The average molecular weight is 339 g/mol. The summed E-state index contributed by atoms with van der Waals surface area (Å²) in [5.41, 5.74) is 2.67. The summed E-state index contributed by atoms with van der Waals surface area (Å²) in [6.07, 6.45) is 1.18. The number of nitrogens with zero attached hydrogens (tertiary/aromatic N) is 2. The molecule has 3 aromatic rings. The van der Waals surface area contributed by atoms with Gasteiger partial charge in [-0.05, 0) is 29.0 Å². The number of nitro groups is 1. The van der Waals surface area contributed by atoms with E-state index >= 15 is 0 Å². The lowest BCUT2D eigenvalue weighted by atomic mass is 10.1. The Balaban J connectivity index is 1.79. The molecule has 0 bridgehead atoms. The molecule has 1 N–H and O–H groups in total. The summed E-state index contributed by atoms with van der Waals surface area (Å²) >= 11 is 0. The number of fused-ring (bicyclic) bond motifs is 1. The van der Waals surface area contributed by atoms with Crippen molar-refractivity contribution in [1.82, 2.24) is 5.43 Å². The third-order valence-corrected chi connectivity index (χ3v) is 3.46. The highest BCUT2D eigenvalue weighted by Gasteiger charge is 2.14. The maximum atomic E-state index is 12.3. The number of carbonyl (C=O) groups is 1. The third kappa shape index (κ3) is 3.47. The van der Waals surface area contributed by atoms with Crippen LogP contribution >= 0.6 is 0 Å². The minimum absolute atomic E-state index is 0.150. The molecule has 0 saturated carbocycles. The van der Waals surface area contributed by atoms with E-state index in [4.69, 9.17) is 9.15 Å². The van der Waals surface area contributed by atoms with Gasteiger partial charge in [0.15, 0.2) is 5.76 Å². The molecule has 3 rings (SSSR count). The van der Waals surface area contributed by atoms with E-state index in [0.29, 0.717) is 11.3 Å². The number of carbonyl (C=O) groups excluding carboxylic acids is 1. The fourth-order valence-corrected chi connectivity index (χ4v) is 2.29. The van der Waals surface area contributed by atoms with Crippen molar-refractivity contribution < 1.29 is 18.9 Å².